The number of carbonyl (C=O) groups is 1. The molecule has 4 rings (SSSR count). The average Bonchev–Trinajstić information content (AvgIpc) is 3.21. The van der Waals surface area contributed by atoms with Gasteiger partial charge in [0.25, 0.3) is 0 Å². The lowest BCUT2D eigenvalue weighted by molar-refractivity contribution is 0.0600. The molecule has 0 fully saturated rings. The first-order valence-electron chi connectivity index (χ1n) is 8.68. The third kappa shape index (κ3) is 3.23. The Morgan fingerprint density at radius 3 is 2.44 bits per heavy atom. The Morgan fingerprint density at radius 2 is 1.78 bits per heavy atom. The van der Waals surface area contributed by atoms with Crippen LogP contribution < -0.4 is 10.1 Å². The van der Waals surface area contributed by atoms with Gasteiger partial charge in [-0.15, -0.1) is 0 Å². The summed E-state index contributed by atoms with van der Waals surface area (Å²) in [6.45, 7) is 0. The largest absolute Gasteiger partial charge is 0.497 e. The molecule has 0 saturated carbocycles. The Kier molecular flexibility index (Phi) is 4.50. The van der Waals surface area contributed by atoms with Gasteiger partial charge in [-0.1, -0.05) is 24.3 Å². The number of benzene rings is 2. The van der Waals surface area contributed by atoms with E-state index < -0.39 is 0 Å². The van der Waals surface area contributed by atoms with Gasteiger partial charge in [-0.3, -0.25) is 0 Å². The standard InChI is InChI=1S/C20H20N4O3/c1-26-16-9-7-13(8-10-16)17-11-18(24-20(23-17)21-12-22-24)14-3-5-15(6-4-14)19(25)27-2/h3-10,12,17-18H,11H2,1-2H3,(H,21,22,23). The van der Waals surface area contributed by atoms with Gasteiger partial charge in [-0.2, -0.15) is 10.1 Å². The molecule has 7 heteroatoms. The summed E-state index contributed by atoms with van der Waals surface area (Å²) in [5, 5.41) is 7.82. The van der Waals surface area contributed by atoms with Crippen molar-refractivity contribution >= 4 is 11.9 Å². The van der Waals surface area contributed by atoms with Crippen molar-refractivity contribution in [1.29, 1.82) is 0 Å². The number of fused-ring (bicyclic) bond motifs is 1. The van der Waals surface area contributed by atoms with Crippen LogP contribution in [0.2, 0.25) is 0 Å². The summed E-state index contributed by atoms with van der Waals surface area (Å²) in [6, 6.07) is 15.6. The number of nitrogens with one attached hydrogen (secondary N) is 1. The minimum absolute atomic E-state index is 0.0162. The van der Waals surface area contributed by atoms with Crippen molar-refractivity contribution in [1.82, 2.24) is 14.8 Å². The van der Waals surface area contributed by atoms with Gasteiger partial charge in [-0.05, 0) is 41.8 Å². The van der Waals surface area contributed by atoms with Crippen LogP contribution in [0, 0.1) is 0 Å². The highest BCUT2D eigenvalue weighted by Gasteiger charge is 2.30. The Morgan fingerprint density at radius 1 is 1.07 bits per heavy atom. The maximum Gasteiger partial charge on any atom is 0.337 e. The van der Waals surface area contributed by atoms with E-state index in [4.69, 9.17) is 9.47 Å². The summed E-state index contributed by atoms with van der Waals surface area (Å²) in [5.74, 6) is 1.21. The van der Waals surface area contributed by atoms with Gasteiger partial charge in [0, 0.05) is 0 Å². The van der Waals surface area contributed by atoms with Gasteiger partial charge < -0.3 is 14.8 Å². The van der Waals surface area contributed by atoms with E-state index in [0.717, 1.165) is 29.2 Å². The molecule has 2 heterocycles. The van der Waals surface area contributed by atoms with Gasteiger partial charge in [0.05, 0.1) is 31.9 Å². The molecule has 2 aromatic carbocycles. The van der Waals surface area contributed by atoms with Gasteiger partial charge in [0.2, 0.25) is 5.95 Å². The highest BCUT2D eigenvalue weighted by molar-refractivity contribution is 5.89. The lowest BCUT2D eigenvalue weighted by atomic mass is 9.93. The van der Waals surface area contributed by atoms with Crippen LogP contribution in [0.3, 0.4) is 0 Å². The number of hydrogen-bond acceptors (Lipinski definition) is 6. The van der Waals surface area contributed by atoms with E-state index >= 15 is 0 Å². The summed E-state index contributed by atoms with van der Waals surface area (Å²) in [6.07, 6.45) is 2.36. The molecule has 7 nitrogen and oxygen atoms in total. The quantitative estimate of drug-likeness (QED) is 0.716. The Balaban J connectivity index is 1.64. The van der Waals surface area contributed by atoms with E-state index in [0.29, 0.717) is 5.56 Å². The minimum atomic E-state index is -0.343. The van der Waals surface area contributed by atoms with Crippen molar-refractivity contribution in [3.8, 4) is 5.75 Å². The lowest BCUT2D eigenvalue weighted by Crippen LogP contribution is -2.28. The zero-order valence-electron chi connectivity index (χ0n) is 15.1. The zero-order chi connectivity index (χ0) is 18.8. The Labute approximate surface area is 156 Å². The molecule has 3 aromatic rings. The van der Waals surface area contributed by atoms with Gasteiger partial charge in [0.15, 0.2) is 0 Å². The first kappa shape index (κ1) is 17.1. The molecular weight excluding hydrogens is 344 g/mol. The maximum absolute atomic E-state index is 11.7. The average molecular weight is 364 g/mol. The van der Waals surface area contributed by atoms with Crippen molar-refractivity contribution in [2.75, 3.05) is 19.5 Å². The monoisotopic (exact) mass is 364 g/mol. The molecule has 1 aromatic heterocycles. The fourth-order valence-electron chi connectivity index (χ4n) is 3.41. The SMILES string of the molecule is COC(=O)c1ccc(C2CC(c3ccc(OC)cc3)Nc3ncnn32)cc1. The van der Waals surface area contributed by atoms with Gasteiger partial charge in [-0.25, -0.2) is 9.48 Å². The van der Waals surface area contributed by atoms with Gasteiger partial charge in [0.1, 0.15) is 12.1 Å². The molecule has 1 N–H and O–H groups in total. The second kappa shape index (κ2) is 7.11. The number of nitrogens with zero attached hydrogens (tertiary/aromatic N) is 3. The molecule has 0 saturated heterocycles. The Bertz CT molecular complexity index is 935. The smallest absolute Gasteiger partial charge is 0.337 e. The van der Waals surface area contributed by atoms with E-state index in [1.807, 2.05) is 28.9 Å². The number of carbonyl (C=O) groups excluding carboxylic acids is 1. The fourth-order valence-corrected chi connectivity index (χ4v) is 3.41. The third-order valence-electron chi connectivity index (χ3n) is 4.87. The second-order valence-electron chi connectivity index (χ2n) is 6.36. The number of methoxy groups -OCH3 is 2. The van der Waals surface area contributed by atoms with Crippen LogP contribution in [0.15, 0.2) is 54.9 Å². The van der Waals surface area contributed by atoms with E-state index in [2.05, 4.69) is 27.5 Å². The third-order valence-corrected chi connectivity index (χ3v) is 4.87. The van der Waals surface area contributed by atoms with Crippen molar-refractivity contribution < 1.29 is 14.3 Å². The number of hydrogen-bond donors (Lipinski definition) is 1. The number of ether oxygens (including phenoxy) is 2. The molecule has 0 amide bonds. The van der Waals surface area contributed by atoms with Crippen molar-refractivity contribution in [2.45, 2.75) is 18.5 Å². The first-order chi connectivity index (χ1) is 13.2. The molecule has 1 aliphatic heterocycles. The first-order valence-corrected chi connectivity index (χ1v) is 8.68. The summed E-state index contributed by atoms with van der Waals surface area (Å²) in [4.78, 5) is 16.0. The van der Waals surface area contributed by atoms with Crippen LogP contribution in [0.4, 0.5) is 5.95 Å². The molecule has 0 spiro atoms. The predicted molar refractivity (Wildman–Crippen MR) is 99.9 cm³/mol. The molecule has 0 bridgehead atoms. The number of rotatable bonds is 4. The molecule has 0 aliphatic carbocycles. The summed E-state index contributed by atoms with van der Waals surface area (Å²) >= 11 is 0. The van der Waals surface area contributed by atoms with Crippen molar-refractivity contribution in [3.63, 3.8) is 0 Å². The normalized spacial score (nSPS) is 18.3. The summed E-state index contributed by atoms with van der Waals surface area (Å²) in [7, 11) is 3.04. The van der Waals surface area contributed by atoms with Crippen LogP contribution >= 0.6 is 0 Å². The van der Waals surface area contributed by atoms with Crippen LogP contribution in [-0.4, -0.2) is 35.0 Å². The molecule has 2 unspecified atom stereocenters. The highest BCUT2D eigenvalue weighted by atomic mass is 16.5. The fraction of sp³-hybridized carbons (Fsp3) is 0.250. The van der Waals surface area contributed by atoms with E-state index in [9.17, 15) is 4.79 Å². The molecular formula is C20H20N4O3. The van der Waals surface area contributed by atoms with Crippen LogP contribution in [0.5, 0.6) is 5.75 Å². The second-order valence-corrected chi connectivity index (χ2v) is 6.36. The van der Waals surface area contributed by atoms with E-state index in [-0.39, 0.29) is 18.1 Å². The highest BCUT2D eigenvalue weighted by Crippen LogP contribution is 2.37. The van der Waals surface area contributed by atoms with Crippen molar-refractivity contribution in [3.05, 3.63) is 71.5 Å². The molecule has 1 aliphatic rings. The molecule has 2 atom stereocenters. The number of anilines is 1. The number of esters is 1. The maximum atomic E-state index is 11.7. The summed E-state index contributed by atoms with van der Waals surface area (Å²) in [5.41, 5.74) is 2.75. The minimum Gasteiger partial charge on any atom is -0.497 e. The van der Waals surface area contributed by atoms with Crippen LogP contribution in [0.1, 0.15) is 40.0 Å². The number of aromatic nitrogens is 3. The molecule has 0 radical (unpaired) electrons. The van der Waals surface area contributed by atoms with Crippen LogP contribution in [-0.2, 0) is 4.74 Å². The van der Waals surface area contributed by atoms with Crippen molar-refractivity contribution in [2.24, 2.45) is 0 Å². The zero-order valence-corrected chi connectivity index (χ0v) is 15.1. The van der Waals surface area contributed by atoms with E-state index in [1.165, 1.54) is 7.11 Å². The lowest BCUT2D eigenvalue weighted by Gasteiger charge is -2.32. The van der Waals surface area contributed by atoms with Crippen LogP contribution in [0.25, 0.3) is 0 Å². The Hall–Kier alpha value is -3.35. The molecule has 138 valence electrons. The summed E-state index contributed by atoms with van der Waals surface area (Å²) < 4.78 is 11.9. The topological polar surface area (TPSA) is 78.3 Å². The predicted octanol–water partition coefficient (Wildman–Crippen LogP) is 3.22. The van der Waals surface area contributed by atoms with Gasteiger partial charge >= 0.3 is 5.97 Å². The molecule has 27 heavy (non-hydrogen) atoms. The van der Waals surface area contributed by atoms with E-state index in [1.54, 1.807) is 25.6 Å².